The molecule has 1 aromatic rings. The smallest absolute Gasteiger partial charge is 0.344 e. The molecule has 0 unspecified atom stereocenters. The van der Waals surface area contributed by atoms with Crippen molar-refractivity contribution < 1.29 is 24.0 Å². The van der Waals surface area contributed by atoms with Gasteiger partial charge in [-0.2, -0.15) is 0 Å². The largest absolute Gasteiger partial charge is 0.467 e. The van der Waals surface area contributed by atoms with E-state index in [0.717, 1.165) is 19.3 Å². The molecule has 0 aliphatic rings. The summed E-state index contributed by atoms with van der Waals surface area (Å²) in [6, 6.07) is 5.52. The predicted molar refractivity (Wildman–Crippen MR) is 64.1 cm³/mol. The number of para-hydroxylation sites is 1. The van der Waals surface area contributed by atoms with Crippen molar-refractivity contribution in [2.24, 2.45) is 0 Å². The fraction of sp³-hybridized carbons (Fsp3) is 0.250. The molecule has 0 aromatic heterocycles. The molecule has 19 heavy (non-hydrogen) atoms. The second kappa shape index (κ2) is 6.60. The van der Waals surface area contributed by atoms with E-state index in [1.807, 2.05) is 0 Å². The first-order chi connectivity index (χ1) is 8.97. The number of rotatable bonds is 5. The zero-order chi connectivity index (χ0) is 14.4. The highest BCUT2D eigenvalue weighted by Gasteiger charge is 2.19. The highest BCUT2D eigenvalue weighted by molar-refractivity contribution is 5.76. The van der Waals surface area contributed by atoms with Crippen molar-refractivity contribution in [3.05, 3.63) is 52.1 Å². The third-order valence-electron chi connectivity index (χ3n) is 2.34. The van der Waals surface area contributed by atoms with Gasteiger partial charge in [0.2, 0.25) is 6.17 Å². The van der Waals surface area contributed by atoms with Gasteiger partial charge in [-0.05, 0) is 12.1 Å². The molecule has 0 bridgehead atoms. The van der Waals surface area contributed by atoms with Crippen LogP contribution in [0.25, 0.3) is 0 Å². The molecule has 0 amide bonds. The SMILES string of the molecule is COC(=O)[C@H](F)/C=C/[C@@H](O)c1ccccc1[N+](=O)[O-]. The number of aliphatic hydroxyl groups excluding tert-OH is 1. The minimum absolute atomic E-state index is 0.0146. The van der Waals surface area contributed by atoms with Crippen LogP contribution in [0.2, 0.25) is 0 Å². The van der Waals surface area contributed by atoms with Gasteiger partial charge in [0.1, 0.15) is 6.10 Å². The summed E-state index contributed by atoms with van der Waals surface area (Å²) in [5.41, 5.74) is -0.269. The van der Waals surface area contributed by atoms with Gasteiger partial charge in [0, 0.05) is 6.07 Å². The molecular weight excluding hydrogens is 257 g/mol. The van der Waals surface area contributed by atoms with E-state index in [0.29, 0.717) is 0 Å². The average molecular weight is 269 g/mol. The van der Waals surface area contributed by atoms with E-state index in [2.05, 4.69) is 4.74 Å². The van der Waals surface area contributed by atoms with Crippen LogP contribution in [0, 0.1) is 10.1 Å². The summed E-state index contributed by atoms with van der Waals surface area (Å²) in [7, 11) is 1.03. The lowest BCUT2D eigenvalue weighted by molar-refractivity contribution is -0.386. The predicted octanol–water partition coefficient (Wildman–Crippen LogP) is 1.70. The van der Waals surface area contributed by atoms with Gasteiger partial charge in [-0.1, -0.05) is 18.2 Å². The molecule has 1 rings (SSSR count). The molecule has 0 saturated heterocycles. The third-order valence-corrected chi connectivity index (χ3v) is 2.34. The molecule has 6 nitrogen and oxygen atoms in total. The molecule has 0 heterocycles. The average Bonchev–Trinajstić information content (AvgIpc) is 2.43. The van der Waals surface area contributed by atoms with Crippen LogP contribution in [0.4, 0.5) is 10.1 Å². The van der Waals surface area contributed by atoms with Gasteiger partial charge >= 0.3 is 5.97 Å². The first kappa shape index (κ1) is 14.8. The summed E-state index contributed by atoms with van der Waals surface area (Å²) >= 11 is 0. The number of nitro benzene ring substituents is 1. The number of methoxy groups -OCH3 is 1. The van der Waals surface area contributed by atoms with Crippen LogP contribution in [0.5, 0.6) is 0 Å². The minimum Gasteiger partial charge on any atom is -0.467 e. The van der Waals surface area contributed by atoms with E-state index in [4.69, 9.17) is 0 Å². The first-order valence-corrected chi connectivity index (χ1v) is 5.29. The number of carbonyl (C=O) groups is 1. The van der Waals surface area contributed by atoms with Crippen LogP contribution in [-0.4, -0.2) is 29.3 Å². The Labute approximate surface area is 108 Å². The van der Waals surface area contributed by atoms with Crippen molar-refractivity contribution in [2.45, 2.75) is 12.3 Å². The number of alkyl halides is 1. The maximum absolute atomic E-state index is 13.1. The number of aliphatic hydroxyl groups is 1. The van der Waals surface area contributed by atoms with Gasteiger partial charge in [0.25, 0.3) is 5.69 Å². The molecule has 2 atom stereocenters. The number of nitro groups is 1. The lowest BCUT2D eigenvalue weighted by Crippen LogP contribution is -2.14. The summed E-state index contributed by atoms with van der Waals surface area (Å²) in [5, 5.41) is 20.5. The Balaban J connectivity index is 2.90. The highest BCUT2D eigenvalue weighted by atomic mass is 19.1. The lowest BCUT2D eigenvalue weighted by atomic mass is 10.1. The quantitative estimate of drug-likeness (QED) is 0.380. The molecule has 0 aliphatic carbocycles. The van der Waals surface area contributed by atoms with Crippen LogP contribution < -0.4 is 0 Å². The molecule has 0 spiro atoms. The van der Waals surface area contributed by atoms with E-state index >= 15 is 0 Å². The molecule has 0 aliphatic heterocycles. The van der Waals surface area contributed by atoms with E-state index in [1.165, 1.54) is 24.3 Å². The highest BCUT2D eigenvalue weighted by Crippen LogP contribution is 2.25. The summed E-state index contributed by atoms with van der Waals surface area (Å²) in [6.45, 7) is 0. The summed E-state index contributed by atoms with van der Waals surface area (Å²) in [5.74, 6) is -1.11. The monoisotopic (exact) mass is 269 g/mol. The van der Waals surface area contributed by atoms with Gasteiger partial charge in [-0.15, -0.1) is 0 Å². The topological polar surface area (TPSA) is 89.7 Å². The van der Waals surface area contributed by atoms with E-state index in [1.54, 1.807) is 0 Å². The first-order valence-electron chi connectivity index (χ1n) is 5.29. The molecule has 0 fully saturated rings. The van der Waals surface area contributed by atoms with Crippen LogP contribution >= 0.6 is 0 Å². The summed E-state index contributed by atoms with van der Waals surface area (Å²) in [6.07, 6.45) is -1.66. The van der Waals surface area contributed by atoms with Gasteiger partial charge in [0.05, 0.1) is 17.6 Å². The zero-order valence-corrected chi connectivity index (χ0v) is 10.0. The molecule has 7 heteroatoms. The Morgan fingerprint density at radius 3 is 2.68 bits per heavy atom. The third kappa shape index (κ3) is 3.85. The Morgan fingerprint density at radius 1 is 1.47 bits per heavy atom. The van der Waals surface area contributed by atoms with E-state index in [9.17, 15) is 24.4 Å². The Kier molecular flexibility index (Phi) is 5.13. The zero-order valence-electron chi connectivity index (χ0n) is 10.0. The van der Waals surface area contributed by atoms with Crippen molar-refractivity contribution in [3.8, 4) is 0 Å². The Hall–Kier alpha value is -2.28. The van der Waals surface area contributed by atoms with Gasteiger partial charge in [-0.25, -0.2) is 9.18 Å². The van der Waals surface area contributed by atoms with Crippen molar-refractivity contribution in [3.63, 3.8) is 0 Å². The fourth-order valence-corrected chi connectivity index (χ4v) is 1.40. The van der Waals surface area contributed by atoms with Gasteiger partial charge < -0.3 is 9.84 Å². The molecule has 0 radical (unpaired) electrons. The van der Waals surface area contributed by atoms with Crippen LogP contribution in [-0.2, 0) is 9.53 Å². The normalized spacial score (nSPS) is 14.1. The number of ether oxygens (including phenoxy) is 1. The Morgan fingerprint density at radius 2 is 2.11 bits per heavy atom. The van der Waals surface area contributed by atoms with Crippen LogP contribution in [0.3, 0.4) is 0 Å². The number of nitrogens with zero attached hydrogens (tertiary/aromatic N) is 1. The number of benzene rings is 1. The van der Waals surface area contributed by atoms with Crippen molar-refractivity contribution >= 4 is 11.7 Å². The van der Waals surface area contributed by atoms with Gasteiger partial charge in [0.15, 0.2) is 0 Å². The molecule has 102 valence electrons. The van der Waals surface area contributed by atoms with E-state index < -0.39 is 23.2 Å². The van der Waals surface area contributed by atoms with Crippen molar-refractivity contribution in [1.29, 1.82) is 0 Å². The molecule has 1 N–H and O–H groups in total. The maximum atomic E-state index is 13.1. The number of halogens is 1. The van der Waals surface area contributed by atoms with Crippen molar-refractivity contribution in [2.75, 3.05) is 7.11 Å². The number of esters is 1. The Bertz CT molecular complexity index is 503. The second-order valence-corrected chi connectivity index (χ2v) is 3.57. The molecule has 0 saturated carbocycles. The molecular formula is C12H12FNO5. The van der Waals surface area contributed by atoms with Gasteiger partial charge in [-0.3, -0.25) is 10.1 Å². The van der Waals surface area contributed by atoms with Crippen LogP contribution in [0.15, 0.2) is 36.4 Å². The van der Waals surface area contributed by atoms with Crippen molar-refractivity contribution in [1.82, 2.24) is 0 Å². The minimum atomic E-state index is -2.03. The second-order valence-electron chi connectivity index (χ2n) is 3.57. The number of carbonyl (C=O) groups excluding carboxylic acids is 1. The lowest BCUT2D eigenvalue weighted by Gasteiger charge is -2.07. The standard InChI is InChI=1S/C12H12FNO5/c1-19-12(16)9(13)6-7-11(15)8-4-2-3-5-10(8)14(17)18/h2-7,9,11,15H,1H3/b7-6+/t9-,11-/m1/s1. The molecule has 1 aromatic carbocycles. The van der Waals surface area contributed by atoms with Crippen LogP contribution in [0.1, 0.15) is 11.7 Å². The number of hydrogen-bond donors (Lipinski definition) is 1. The maximum Gasteiger partial charge on any atom is 0.344 e. The summed E-state index contributed by atoms with van der Waals surface area (Å²) in [4.78, 5) is 20.9. The summed E-state index contributed by atoms with van der Waals surface area (Å²) < 4.78 is 17.3. The van der Waals surface area contributed by atoms with E-state index in [-0.39, 0.29) is 11.3 Å². The number of hydrogen-bond acceptors (Lipinski definition) is 5. The fourth-order valence-electron chi connectivity index (χ4n) is 1.40.